The minimum atomic E-state index is 0.632. The predicted molar refractivity (Wildman–Crippen MR) is 80.5 cm³/mol. The molecule has 108 valence electrons. The van der Waals surface area contributed by atoms with Gasteiger partial charge in [0.05, 0.1) is 5.69 Å². The Balaban J connectivity index is 1.86. The first kappa shape index (κ1) is 14.9. The maximum absolute atomic E-state index is 6.20. The van der Waals surface area contributed by atoms with Crippen molar-refractivity contribution in [2.45, 2.75) is 71.4 Å². The number of unbranched alkanes of at least 4 members (excludes halogenated alkanes) is 1. The van der Waals surface area contributed by atoms with Gasteiger partial charge in [0.1, 0.15) is 5.82 Å². The smallest absolute Gasteiger partial charge is 0.151 e. The number of H-pyrrole nitrogens is 1. The molecule has 0 radical (unpaired) electrons. The van der Waals surface area contributed by atoms with Gasteiger partial charge in [-0.1, -0.05) is 44.7 Å². The van der Waals surface area contributed by atoms with Gasteiger partial charge in [-0.15, -0.1) is 0 Å². The summed E-state index contributed by atoms with van der Waals surface area (Å²) in [5, 5.41) is 4.28. The third-order valence-corrected chi connectivity index (χ3v) is 4.51. The van der Waals surface area contributed by atoms with Crippen molar-refractivity contribution in [3.63, 3.8) is 0 Å². The minimum absolute atomic E-state index is 0.632. The number of nitrogens with zero attached hydrogens (tertiary/aromatic N) is 1. The predicted octanol–water partition coefficient (Wildman–Crippen LogP) is 4.07. The lowest BCUT2D eigenvalue weighted by atomic mass is 9.86. The molecular weight excluding hydrogens is 258 g/mol. The fraction of sp³-hybridized carbons (Fsp3) is 0.800. The summed E-state index contributed by atoms with van der Waals surface area (Å²) in [7, 11) is 0. The van der Waals surface area contributed by atoms with Crippen LogP contribution in [0.5, 0.6) is 0 Å². The zero-order valence-corrected chi connectivity index (χ0v) is 12.9. The zero-order valence-electron chi connectivity index (χ0n) is 12.1. The van der Waals surface area contributed by atoms with Gasteiger partial charge in [-0.25, -0.2) is 4.98 Å². The van der Waals surface area contributed by atoms with Crippen molar-refractivity contribution in [3.05, 3.63) is 16.7 Å². The first-order chi connectivity index (χ1) is 9.20. The molecule has 3 nitrogen and oxygen atoms in total. The monoisotopic (exact) mass is 283 g/mol. The summed E-state index contributed by atoms with van der Waals surface area (Å²) < 4.78 is 0. The van der Waals surface area contributed by atoms with E-state index in [-0.39, 0.29) is 0 Å². The van der Waals surface area contributed by atoms with Gasteiger partial charge in [-0.05, 0) is 25.2 Å². The minimum Gasteiger partial charge on any atom is -0.344 e. The van der Waals surface area contributed by atoms with Gasteiger partial charge in [0, 0.05) is 19.0 Å². The summed E-state index contributed by atoms with van der Waals surface area (Å²) >= 11 is 6.20. The largest absolute Gasteiger partial charge is 0.344 e. The molecule has 0 aromatic carbocycles. The summed E-state index contributed by atoms with van der Waals surface area (Å²) in [4.78, 5) is 7.77. The Kier molecular flexibility index (Phi) is 5.71. The zero-order chi connectivity index (χ0) is 13.7. The van der Waals surface area contributed by atoms with Crippen molar-refractivity contribution in [3.8, 4) is 0 Å². The topological polar surface area (TPSA) is 40.7 Å². The van der Waals surface area contributed by atoms with Crippen LogP contribution in [0.3, 0.4) is 0 Å². The first-order valence-electron chi connectivity index (χ1n) is 7.67. The van der Waals surface area contributed by atoms with Gasteiger partial charge >= 0.3 is 0 Å². The Labute approximate surface area is 121 Å². The SMILES string of the molecule is CCCCc1nc(Cl)c(CNC2CCCCC2C)[nH]1. The Hall–Kier alpha value is -0.540. The molecule has 2 N–H and O–H groups in total. The molecule has 2 unspecified atom stereocenters. The molecule has 0 spiro atoms. The maximum Gasteiger partial charge on any atom is 0.151 e. The number of rotatable bonds is 6. The fourth-order valence-corrected chi connectivity index (χ4v) is 3.09. The van der Waals surface area contributed by atoms with Crippen LogP contribution in [0.1, 0.15) is 63.9 Å². The molecule has 1 heterocycles. The van der Waals surface area contributed by atoms with E-state index in [9.17, 15) is 0 Å². The van der Waals surface area contributed by atoms with Gasteiger partial charge in [-0.2, -0.15) is 0 Å². The van der Waals surface area contributed by atoms with E-state index in [1.54, 1.807) is 0 Å². The van der Waals surface area contributed by atoms with E-state index in [4.69, 9.17) is 11.6 Å². The molecule has 1 saturated carbocycles. The lowest BCUT2D eigenvalue weighted by Crippen LogP contribution is -2.36. The Morgan fingerprint density at radius 3 is 2.89 bits per heavy atom. The van der Waals surface area contributed by atoms with Gasteiger partial charge in [0.25, 0.3) is 0 Å². The van der Waals surface area contributed by atoms with E-state index in [0.29, 0.717) is 11.2 Å². The second-order valence-corrected chi connectivity index (χ2v) is 6.16. The molecule has 1 aromatic heterocycles. The van der Waals surface area contributed by atoms with E-state index in [0.717, 1.165) is 36.8 Å². The Bertz CT molecular complexity index is 389. The molecule has 2 atom stereocenters. The van der Waals surface area contributed by atoms with Crippen LogP contribution in [-0.2, 0) is 13.0 Å². The van der Waals surface area contributed by atoms with Crippen LogP contribution in [0.4, 0.5) is 0 Å². The molecule has 1 aliphatic rings. The van der Waals surface area contributed by atoms with Crippen LogP contribution < -0.4 is 5.32 Å². The van der Waals surface area contributed by atoms with E-state index in [1.165, 1.54) is 32.1 Å². The maximum atomic E-state index is 6.20. The molecule has 19 heavy (non-hydrogen) atoms. The highest BCUT2D eigenvalue weighted by Crippen LogP contribution is 2.24. The fourth-order valence-electron chi connectivity index (χ4n) is 2.87. The molecule has 2 rings (SSSR count). The first-order valence-corrected chi connectivity index (χ1v) is 8.05. The summed E-state index contributed by atoms with van der Waals surface area (Å²) in [6.45, 7) is 5.35. The standard InChI is InChI=1S/C15H26ClN3/c1-3-4-9-14-18-13(15(16)19-14)10-17-12-8-6-5-7-11(12)2/h11-12,17H,3-10H2,1-2H3,(H,18,19). The molecule has 4 heteroatoms. The summed E-state index contributed by atoms with van der Waals surface area (Å²) in [6.07, 6.45) is 8.70. The van der Waals surface area contributed by atoms with Gasteiger partial charge < -0.3 is 10.3 Å². The van der Waals surface area contributed by atoms with Gasteiger partial charge in [0.15, 0.2) is 5.15 Å². The van der Waals surface area contributed by atoms with Crippen molar-refractivity contribution in [2.75, 3.05) is 0 Å². The molecule has 0 aliphatic heterocycles. The van der Waals surface area contributed by atoms with Crippen molar-refractivity contribution < 1.29 is 0 Å². The molecule has 1 aliphatic carbocycles. The van der Waals surface area contributed by atoms with Crippen molar-refractivity contribution >= 4 is 11.6 Å². The van der Waals surface area contributed by atoms with E-state index in [2.05, 4.69) is 29.1 Å². The molecule has 0 saturated heterocycles. The second kappa shape index (κ2) is 7.30. The highest BCUT2D eigenvalue weighted by atomic mass is 35.5. The van der Waals surface area contributed by atoms with Crippen LogP contribution in [0.15, 0.2) is 0 Å². The number of nitrogens with one attached hydrogen (secondary N) is 2. The van der Waals surface area contributed by atoms with Gasteiger partial charge in [0.2, 0.25) is 0 Å². The van der Waals surface area contributed by atoms with Gasteiger partial charge in [-0.3, -0.25) is 0 Å². The number of aromatic nitrogens is 2. The summed E-state index contributed by atoms with van der Waals surface area (Å²) in [5.74, 6) is 1.80. The molecule has 0 bridgehead atoms. The highest BCUT2D eigenvalue weighted by molar-refractivity contribution is 6.30. The number of imidazole rings is 1. The van der Waals surface area contributed by atoms with E-state index >= 15 is 0 Å². The van der Waals surface area contributed by atoms with Crippen molar-refractivity contribution in [1.29, 1.82) is 0 Å². The third-order valence-electron chi connectivity index (χ3n) is 4.20. The Morgan fingerprint density at radius 2 is 2.16 bits per heavy atom. The van der Waals surface area contributed by atoms with Crippen LogP contribution in [0.25, 0.3) is 0 Å². The van der Waals surface area contributed by atoms with Crippen LogP contribution in [-0.4, -0.2) is 16.0 Å². The second-order valence-electron chi connectivity index (χ2n) is 5.81. The van der Waals surface area contributed by atoms with Crippen LogP contribution in [0.2, 0.25) is 5.15 Å². The number of hydrogen-bond acceptors (Lipinski definition) is 2. The lowest BCUT2D eigenvalue weighted by Gasteiger charge is -2.29. The molecular formula is C15H26ClN3. The van der Waals surface area contributed by atoms with Crippen molar-refractivity contribution in [2.24, 2.45) is 5.92 Å². The summed E-state index contributed by atoms with van der Waals surface area (Å²) in [6, 6.07) is 0.632. The van der Waals surface area contributed by atoms with Crippen LogP contribution >= 0.6 is 11.6 Å². The molecule has 1 fully saturated rings. The normalized spacial score (nSPS) is 23.7. The number of aryl methyl sites for hydroxylation is 1. The molecule has 1 aromatic rings. The van der Waals surface area contributed by atoms with E-state index in [1.807, 2.05) is 0 Å². The lowest BCUT2D eigenvalue weighted by molar-refractivity contribution is 0.279. The van der Waals surface area contributed by atoms with Crippen LogP contribution in [0, 0.1) is 5.92 Å². The molecule has 0 amide bonds. The average Bonchev–Trinajstić information content (AvgIpc) is 2.76. The quantitative estimate of drug-likeness (QED) is 0.826. The Morgan fingerprint density at radius 1 is 1.37 bits per heavy atom. The highest BCUT2D eigenvalue weighted by Gasteiger charge is 2.21. The number of hydrogen-bond donors (Lipinski definition) is 2. The third kappa shape index (κ3) is 4.22. The summed E-state index contributed by atoms with van der Waals surface area (Å²) in [5.41, 5.74) is 1.05. The van der Waals surface area contributed by atoms with E-state index < -0.39 is 0 Å². The van der Waals surface area contributed by atoms with Crippen molar-refractivity contribution in [1.82, 2.24) is 15.3 Å². The average molecular weight is 284 g/mol. The number of halogens is 1. The number of aromatic amines is 1.